The van der Waals surface area contributed by atoms with Gasteiger partial charge in [-0.05, 0) is 0 Å². The molecule has 0 spiro atoms. The van der Waals surface area contributed by atoms with Crippen molar-refractivity contribution in [2.24, 2.45) is 0 Å². The third kappa shape index (κ3) is 2.15. The van der Waals surface area contributed by atoms with Crippen molar-refractivity contribution in [3.63, 3.8) is 0 Å². The Bertz CT molecular complexity index is 818. The Morgan fingerprint density at radius 3 is 2.05 bits per heavy atom. The number of hydrogen-bond acceptors (Lipinski definition) is 0. The molecule has 0 aliphatic heterocycles. The van der Waals surface area contributed by atoms with Crippen LogP contribution in [0.25, 0.3) is 22.3 Å². The zero-order valence-electron chi connectivity index (χ0n) is 13.0. The monoisotopic (exact) mass is 361 g/mol. The van der Waals surface area contributed by atoms with Gasteiger partial charge in [-0.25, -0.2) is 0 Å². The van der Waals surface area contributed by atoms with Crippen LogP contribution in [0.4, 0.5) is 0 Å². The summed E-state index contributed by atoms with van der Waals surface area (Å²) in [5, 5.41) is 0. The van der Waals surface area contributed by atoms with E-state index in [9.17, 15) is 0 Å². The van der Waals surface area contributed by atoms with Crippen LogP contribution in [0.15, 0.2) is 72.8 Å². The second-order valence-corrected chi connectivity index (χ2v) is 12.9. The van der Waals surface area contributed by atoms with Gasteiger partial charge in [0.2, 0.25) is 0 Å². The van der Waals surface area contributed by atoms with E-state index in [1.54, 1.807) is 11.1 Å². The molecule has 0 saturated carbocycles. The quantitative estimate of drug-likeness (QED) is 0.514. The number of benzene rings is 3. The molecule has 0 radical (unpaired) electrons. The van der Waals surface area contributed by atoms with Gasteiger partial charge in [0.15, 0.2) is 0 Å². The standard InChI is InChI=1S/C19H13.2CH3.Zr/c1-2-7-14(8-3-1)17-12-6-10-16-13-15-9-4-5-11-18(15)19(16)17;;;/h1-13H;2*1H3;. The Labute approximate surface area is 140 Å². The molecular formula is C21H19Zr. The summed E-state index contributed by atoms with van der Waals surface area (Å²) in [6, 6.07) is 26.7. The van der Waals surface area contributed by atoms with E-state index in [1.165, 1.54) is 22.3 Å². The SMILES string of the molecule is [CH3][Zr]([CH3])[CH]1c2ccccc2-c2c(-c3ccccc3)cccc21. The summed E-state index contributed by atoms with van der Waals surface area (Å²) in [4.78, 5) is 0. The zero-order valence-corrected chi connectivity index (χ0v) is 15.5. The molecule has 107 valence electrons. The van der Waals surface area contributed by atoms with Crippen LogP contribution < -0.4 is 0 Å². The zero-order chi connectivity index (χ0) is 15.1. The second-order valence-electron chi connectivity index (χ2n) is 6.23. The Morgan fingerprint density at radius 2 is 1.27 bits per heavy atom. The van der Waals surface area contributed by atoms with Crippen molar-refractivity contribution in [2.45, 2.75) is 12.9 Å². The molecule has 0 fully saturated rings. The van der Waals surface area contributed by atoms with Crippen LogP contribution in [0.5, 0.6) is 0 Å². The first-order chi connectivity index (χ1) is 10.8. The van der Waals surface area contributed by atoms with Crippen LogP contribution >= 0.6 is 0 Å². The van der Waals surface area contributed by atoms with Crippen molar-refractivity contribution in [3.05, 3.63) is 83.9 Å². The third-order valence-electron chi connectivity index (χ3n) is 4.61. The van der Waals surface area contributed by atoms with Crippen LogP contribution in [0.2, 0.25) is 9.26 Å². The molecule has 1 heteroatoms. The van der Waals surface area contributed by atoms with Crippen molar-refractivity contribution in [2.75, 3.05) is 0 Å². The molecule has 1 unspecified atom stereocenters. The summed E-state index contributed by atoms with van der Waals surface area (Å²) in [5.74, 6) is 0. The number of rotatable bonds is 2. The Balaban J connectivity index is 2.03. The van der Waals surface area contributed by atoms with E-state index in [4.69, 9.17) is 0 Å². The van der Waals surface area contributed by atoms with E-state index in [2.05, 4.69) is 82.1 Å². The Hall–Kier alpha value is -1.46. The van der Waals surface area contributed by atoms with Crippen LogP contribution in [0.3, 0.4) is 0 Å². The van der Waals surface area contributed by atoms with E-state index < -0.39 is 21.8 Å². The van der Waals surface area contributed by atoms with Crippen LogP contribution in [0, 0.1) is 0 Å². The molecule has 0 nitrogen and oxygen atoms in total. The Kier molecular flexibility index (Phi) is 3.62. The number of hydrogen-bond donors (Lipinski definition) is 0. The van der Waals surface area contributed by atoms with Gasteiger partial charge in [0.25, 0.3) is 0 Å². The van der Waals surface area contributed by atoms with Gasteiger partial charge in [-0.15, -0.1) is 0 Å². The number of fused-ring (bicyclic) bond motifs is 3. The molecule has 1 aliphatic carbocycles. The first-order valence-electron chi connectivity index (χ1n) is 7.85. The molecule has 4 rings (SSSR count). The molecule has 0 saturated heterocycles. The first kappa shape index (κ1) is 14.2. The maximum absolute atomic E-state index is 2.52. The minimum absolute atomic E-state index is 0.706. The molecular weight excluding hydrogens is 343 g/mol. The topological polar surface area (TPSA) is 0 Å². The normalized spacial score (nSPS) is 15.3. The van der Waals surface area contributed by atoms with Gasteiger partial charge < -0.3 is 0 Å². The Morgan fingerprint density at radius 1 is 0.636 bits per heavy atom. The van der Waals surface area contributed by atoms with Gasteiger partial charge in [0, 0.05) is 0 Å². The summed E-state index contributed by atoms with van der Waals surface area (Å²) in [7, 11) is 0. The van der Waals surface area contributed by atoms with Crippen molar-refractivity contribution in [1.82, 2.24) is 0 Å². The van der Waals surface area contributed by atoms with E-state index in [-0.39, 0.29) is 0 Å². The first-order valence-corrected chi connectivity index (χ1v) is 14.2. The summed E-state index contributed by atoms with van der Waals surface area (Å²) < 4.78 is 5.75. The molecule has 0 amide bonds. The van der Waals surface area contributed by atoms with Crippen molar-refractivity contribution >= 4 is 0 Å². The third-order valence-corrected chi connectivity index (χ3v) is 8.98. The van der Waals surface area contributed by atoms with Crippen molar-refractivity contribution < 1.29 is 21.8 Å². The molecule has 0 aromatic heterocycles. The molecule has 0 heterocycles. The fraction of sp³-hybridized carbons (Fsp3) is 0.143. The molecule has 22 heavy (non-hydrogen) atoms. The summed E-state index contributed by atoms with van der Waals surface area (Å²) in [6.45, 7) is 0. The maximum atomic E-state index is 2.52. The van der Waals surface area contributed by atoms with E-state index in [1.807, 2.05) is 0 Å². The van der Waals surface area contributed by atoms with Gasteiger partial charge >= 0.3 is 141 Å². The summed E-state index contributed by atoms with van der Waals surface area (Å²) in [6.07, 6.45) is 0. The van der Waals surface area contributed by atoms with Gasteiger partial charge in [-0.3, -0.25) is 0 Å². The summed E-state index contributed by atoms with van der Waals surface area (Å²) >= 11 is -1.40. The molecule has 3 aromatic rings. The second kappa shape index (κ2) is 5.63. The predicted octanol–water partition coefficient (Wildman–Crippen LogP) is 6.14. The van der Waals surface area contributed by atoms with Gasteiger partial charge in [0.1, 0.15) is 0 Å². The average Bonchev–Trinajstić information content (AvgIpc) is 2.90. The predicted molar refractivity (Wildman–Crippen MR) is 90.9 cm³/mol. The van der Waals surface area contributed by atoms with Crippen LogP contribution in [-0.4, -0.2) is 0 Å². The van der Waals surface area contributed by atoms with Crippen molar-refractivity contribution in [3.8, 4) is 22.3 Å². The van der Waals surface area contributed by atoms with Crippen molar-refractivity contribution in [1.29, 1.82) is 0 Å². The van der Waals surface area contributed by atoms with E-state index in [0.29, 0.717) is 3.63 Å². The van der Waals surface area contributed by atoms with E-state index >= 15 is 0 Å². The van der Waals surface area contributed by atoms with Gasteiger partial charge in [-0.2, -0.15) is 0 Å². The fourth-order valence-corrected chi connectivity index (χ4v) is 8.00. The van der Waals surface area contributed by atoms with E-state index in [0.717, 1.165) is 0 Å². The fourth-order valence-electron chi connectivity index (χ4n) is 3.74. The molecule has 1 atom stereocenters. The van der Waals surface area contributed by atoms with Crippen LogP contribution in [0.1, 0.15) is 14.8 Å². The summed E-state index contributed by atoms with van der Waals surface area (Å²) in [5.41, 5.74) is 8.80. The van der Waals surface area contributed by atoms with Gasteiger partial charge in [-0.1, -0.05) is 0 Å². The minimum atomic E-state index is -1.40. The average molecular weight is 363 g/mol. The molecule has 1 aliphatic rings. The molecule has 0 bridgehead atoms. The van der Waals surface area contributed by atoms with Crippen LogP contribution in [-0.2, 0) is 21.8 Å². The molecule has 0 N–H and O–H groups in total. The molecule has 3 aromatic carbocycles. The van der Waals surface area contributed by atoms with Gasteiger partial charge in [0.05, 0.1) is 0 Å².